The van der Waals surface area contributed by atoms with Crippen molar-refractivity contribution >= 4 is 21.5 Å². The van der Waals surface area contributed by atoms with Gasteiger partial charge in [-0.05, 0) is 109 Å². The maximum Gasteiger partial charge on any atom is 0.0725 e. The van der Waals surface area contributed by atoms with Gasteiger partial charge in [0.15, 0.2) is 0 Å². The topological polar surface area (TPSA) is 17.8 Å². The molecule has 0 unspecified atom stereocenters. The van der Waals surface area contributed by atoms with Gasteiger partial charge in [-0.2, -0.15) is 5.10 Å². The zero-order chi connectivity index (χ0) is 34.6. The van der Waals surface area contributed by atoms with Crippen molar-refractivity contribution in [2.24, 2.45) is 0 Å². The van der Waals surface area contributed by atoms with Gasteiger partial charge in [-0.3, -0.25) is 0 Å². The molecule has 2 nitrogen and oxygen atoms in total. The summed E-state index contributed by atoms with van der Waals surface area (Å²) in [4.78, 5) is 0. The minimum absolute atomic E-state index is 0.388. The van der Waals surface area contributed by atoms with Gasteiger partial charge in [-0.1, -0.05) is 152 Å². The molecule has 244 valence electrons. The molecule has 2 aliphatic rings. The number of fused-ring (bicyclic) bond motifs is 12. The largest absolute Gasteiger partial charge is 0.237 e. The zero-order valence-electron chi connectivity index (χ0n) is 29.1. The lowest BCUT2D eigenvalue weighted by atomic mass is 9.70. The lowest BCUT2D eigenvalue weighted by Gasteiger charge is -2.30. The van der Waals surface area contributed by atoms with Crippen LogP contribution in [0.5, 0.6) is 0 Å². The molecule has 0 radical (unpaired) electrons. The monoisotopic (exact) mass is 662 g/mol. The van der Waals surface area contributed by atoms with Gasteiger partial charge in [0.25, 0.3) is 0 Å². The number of nitrogens with zero attached hydrogens (tertiary/aromatic N) is 2. The minimum Gasteiger partial charge on any atom is -0.237 e. The van der Waals surface area contributed by atoms with Gasteiger partial charge in [-0.15, -0.1) is 0 Å². The second-order valence-corrected chi connectivity index (χ2v) is 14.3. The molecule has 0 amide bonds. The summed E-state index contributed by atoms with van der Waals surface area (Å²) in [5, 5.41) is 10.1. The SMILES string of the molecule is Cc1nn(-c2ccccc2)c(C)c1-c1c2ccccc2c(-c2ccc3c(c2)C2(c4ccccc4-c4ccccc42)c2ccccc2-3)c2ccccc12. The fraction of sp³-hybridized carbons (Fsp3) is 0.0600. The molecule has 0 fully saturated rings. The Kier molecular flexibility index (Phi) is 6.04. The van der Waals surface area contributed by atoms with E-state index in [0.717, 1.165) is 17.1 Å². The lowest BCUT2D eigenvalue weighted by molar-refractivity contribution is 0.794. The first-order valence-corrected chi connectivity index (χ1v) is 18.2. The third-order valence-corrected chi connectivity index (χ3v) is 11.8. The van der Waals surface area contributed by atoms with Crippen LogP contribution in [0.15, 0.2) is 170 Å². The van der Waals surface area contributed by atoms with E-state index >= 15 is 0 Å². The third kappa shape index (κ3) is 3.71. The van der Waals surface area contributed by atoms with Crippen molar-refractivity contribution in [3.05, 3.63) is 203 Å². The van der Waals surface area contributed by atoms with E-state index in [2.05, 4.69) is 188 Å². The first-order valence-electron chi connectivity index (χ1n) is 18.2. The van der Waals surface area contributed by atoms with Crippen LogP contribution < -0.4 is 0 Å². The van der Waals surface area contributed by atoms with E-state index in [1.54, 1.807) is 0 Å². The maximum atomic E-state index is 5.10. The van der Waals surface area contributed by atoms with E-state index in [0.29, 0.717) is 0 Å². The summed E-state index contributed by atoms with van der Waals surface area (Å²) in [6.07, 6.45) is 0. The van der Waals surface area contributed by atoms with E-state index in [4.69, 9.17) is 5.10 Å². The summed E-state index contributed by atoms with van der Waals surface area (Å²) >= 11 is 0. The number of hydrogen-bond acceptors (Lipinski definition) is 1. The number of para-hydroxylation sites is 1. The van der Waals surface area contributed by atoms with Gasteiger partial charge < -0.3 is 0 Å². The normalized spacial score (nSPS) is 13.3. The van der Waals surface area contributed by atoms with E-state index < -0.39 is 0 Å². The van der Waals surface area contributed by atoms with E-state index in [1.165, 1.54) is 88.3 Å². The first-order chi connectivity index (χ1) is 25.7. The standard InChI is InChI=1S/C50H34N2/c1-31-47(32(2)52(51-31)34-16-4-3-5-17-34)49-41-23-8-6-21-39(41)48(40-22-7-9-24-42(40)49)33-28-29-38-37-20-12-15-27-45(37)50(46(38)30-33)43-25-13-10-18-35(43)36-19-11-14-26-44(36)50/h3-30H,1-2H3. The molecule has 0 bridgehead atoms. The molecule has 1 aromatic heterocycles. The zero-order valence-corrected chi connectivity index (χ0v) is 29.1. The predicted molar refractivity (Wildman–Crippen MR) is 215 cm³/mol. The van der Waals surface area contributed by atoms with Crippen LogP contribution in [0.3, 0.4) is 0 Å². The number of hydrogen-bond donors (Lipinski definition) is 0. The molecule has 0 saturated carbocycles. The molecule has 0 N–H and O–H groups in total. The van der Waals surface area contributed by atoms with Crippen LogP contribution in [0, 0.1) is 13.8 Å². The van der Waals surface area contributed by atoms with Crippen LogP contribution in [0.2, 0.25) is 0 Å². The molecule has 0 atom stereocenters. The fourth-order valence-electron chi connectivity index (χ4n) is 9.78. The Morgan fingerprint density at radius 3 is 1.38 bits per heavy atom. The quantitative estimate of drug-likeness (QED) is 0.172. The highest BCUT2D eigenvalue weighted by atomic mass is 15.3. The Morgan fingerprint density at radius 2 is 0.846 bits per heavy atom. The Labute approximate surface area is 303 Å². The molecular formula is C50H34N2. The van der Waals surface area contributed by atoms with Gasteiger partial charge in [0.2, 0.25) is 0 Å². The third-order valence-electron chi connectivity index (χ3n) is 11.8. The molecule has 2 aliphatic carbocycles. The number of aryl methyl sites for hydroxylation is 1. The summed E-state index contributed by atoms with van der Waals surface area (Å²) in [5.74, 6) is 0. The molecule has 1 heterocycles. The average molecular weight is 663 g/mol. The molecule has 0 saturated heterocycles. The van der Waals surface area contributed by atoms with Crippen LogP contribution >= 0.6 is 0 Å². The van der Waals surface area contributed by atoms with Crippen LogP contribution in [-0.2, 0) is 5.41 Å². The number of aromatic nitrogens is 2. The molecule has 2 heteroatoms. The Morgan fingerprint density at radius 1 is 0.404 bits per heavy atom. The van der Waals surface area contributed by atoms with E-state index in [9.17, 15) is 0 Å². The highest BCUT2D eigenvalue weighted by molar-refractivity contribution is 6.22. The van der Waals surface area contributed by atoms with Gasteiger partial charge in [-0.25, -0.2) is 4.68 Å². The van der Waals surface area contributed by atoms with Gasteiger partial charge in [0, 0.05) is 16.8 Å². The van der Waals surface area contributed by atoms with Crippen LogP contribution in [0.4, 0.5) is 0 Å². The molecule has 9 aromatic rings. The van der Waals surface area contributed by atoms with Crippen molar-refractivity contribution in [2.75, 3.05) is 0 Å². The van der Waals surface area contributed by atoms with Crippen molar-refractivity contribution in [1.82, 2.24) is 9.78 Å². The molecule has 8 aromatic carbocycles. The van der Waals surface area contributed by atoms with Crippen LogP contribution in [0.25, 0.3) is 71.7 Å². The van der Waals surface area contributed by atoms with E-state index in [1.807, 2.05) is 0 Å². The second-order valence-electron chi connectivity index (χ2n) is 14.3. The fourth-order valence-corrected chi connectivity index (χ4v) is 9.78. The number of rotatable bonds is 3. The Balaban J connectivity index is 1.22. The van der Waals surface area contributed by atoms with Crippen LogP contribution in [-0.4, -0.2) is 9.78 Å². The van der Waals surface area contributed by atoms with Crippen molar-refractivity contribution in [2.45, 2.75) is 19.3 Å². The lowest BCUT2D eigenvalue weighted by Crippen LogP contribution is -2.25. The summed E-state index contributed by atoms with van der Waals surface area (Å²) in [7, 11) is 0. The van der Waals surface area contributed by atoms with Crippen molar-refractivity contribution < 1.29 is 0 Å². The summed E-state index contributed by atoms with van der Waals surface area (Å²) in [5.41, 5.74) is 18.6. The minimum atomic E-state index is -0.388. The van der Waals surface area contributed by atoms with Crippen LogP contribution in [0.1, 0.15) is 33.6 Å². The summed E-state index contributed by atoms with van der Waals surface area (Å²) in [6.45, 7) is 4.35. The predicted octanol–water partition coefficient (Wildman–Crippen LogP) is 12.5. The van der Waals surface area contributed by atoms with E-state index in [-0.39, 0.29) is 5.41 Å². The van der Waals surface area contributed by atoms with Gasteiger partial charge >= 0.3 is 0 Å². The molecule has 11 rings (SSSR count). The van der Waals surface area contributed by atoms with Gasteiger partial charge in [0.05, 0.1) is 16.8 Å². The summed E-state index contributed by atoms with van der Waals surface area (Å²) in [6, 6.07) is 62.8. The smallest absolute Gasteiger partial charge is 0.0725 e. The molecular weight excluding hydrogens is 629 g/mol. The average Bonchev–Trinajstić information content (AvgIpc) is 3.79. The Bertz CT molecular complexity index is 2810. The van der Waals surface area contributed by atoms with Crippen molar-refractivity contribution in [1.29, 1.82) is 0 Å². The summed E-state index contributed by atoms with van der Waals surface area (Å²) < 4.78 is 2.09. The first kappa shape index (κ1) is 29.2. The number of benzene rings is 8. The molecule has 1 spiro atoms. The highest BCUT2D eigenvalue weighted by Gasteiger charge is 2.51. The molecule has 52 heavy (non-hydrogen) atoms. The van der Waals surface area contributed by atoms with Crippen molar-refractivity contribution in [3.63, 3.8) is 0 Å². The maximum absolute atomic E-state index is 5.10. The van der Waals surface area contributed by atoms with Crippen molar-refractivity contribution in [3.8, 4) is 50.2 Å². The molecule has 0 aliphatic heterocycles. The Hall–Kier alpha value is -6.51. The van der Waals surface area contributed by atoms with Gasteiger partial charge in [0.1, 0.15) is 0 Å². The highest BCUT2D eigenvalue weighted by Crippen LogP contribution is 2.63. The second kappa shape index (κ2) is 10.7.